The van der Waals surface area contributed by atoms with Crippen LogP contribution in [0.2, 0.25) is 0 Å². The molecule has 0 saturated carbocycles. The number of likely N-dealkylation sites (N-methyl/N-ethyl adjacent to an activating group) is 1. The van der Waals surface area contributed by atoms with Crippen LogP contribution in [0.5, 0.6) is 5.75 Å². The van der Waals surface area contributed by atoms with Gasteiger partial charge < -0.3 is 19.9 Å². The van der Waals surface area contributed by atoms with E-state index in [2.05, 4.69) is 58.4 Å². The molecule has 2 fully saturated rings. The summed E-state index contributed by atoms with van der Waals surface area (Å²) >= 11 is 0. The maximum absolute atomic E-state index is 6.05. The summed E-state index contributed by atoms with van der Waals surface area (Å²) in [5, 5.41) is 3.47. The van der Waals surface area contributed by atoms with E-state index in [4.69, 9.17) is 4.74 Å². The predicted molar refractivity (Wildman–Crippen MR) is 105 cm³/mol. The maximum Gasteiger partial charge on any atom is 0.142 e. The Morgan fingerprint density at radius 2 is 1.80 bits per heavy atom. The van der Waals surface area contributed by atoms with E-state index in [1.165, 1.54) is 38.2 Å². The minimum absolute atomic E-state index is 0.736. The number of nitrogens with zero attached hydrogens (tertiary/aromatic N) is 3. The van der Waals surface area contributed by atoms with Crippen molar-refractivity contribution >= 4 is 5.69 Å². The Balaban J connectivity index is 1.50. The van der Waals surface area contributed by atoms with Crippen LogP contribution in [-0.4, -0.2) is 82.9 Å². The molecular weight excluding hydrogens is 312 g/mol. The highest BCUT2D eigenvalue weighted by Crippen LogP contribution is 2.29. The second-order valence-electron chi connectivity index (χ2n) is 7.60. The van der Waals surface area contributed by atoms with Crippen LogP contribution in [0.15, 0.2) is 24.3 Å². The summed E-state index contributed by atoms with van der Waals surface area (Å²) in [6.07, 6.45) is 2.67. The van der Waals surface area contributed by atoms with Crippen LogP contribution in [0.1, 0.15) is 12.8 Å². The first-order valence-electron chi connectivity index (χ1n) is 9.77. The van der Waals surface area contributed by atoms with Crippen molar-refractivity contribution in [1.82, 2.24) is 15.1 Å². The van der Waals surface area contributed by atoms with Crippen LogP contribution >= 0.6 is 0 Å². The van der Waals surface area contributed by atoms with Gasteiger partial charge in [0.15, 0.2) is 0 Å². The molecule has 5 heteroatoms. The smallest absolute Gasteiger partial charge is 0.142 e. The summed E-state index contributed by atoms with van der Waals surface area (Å²) in [5.74, 6) is 1.91. The lowest BCUT2D eigenvalue weighted by Gasteiger charge is -2.38. The third-order valence-corrected chi connectivity index (χ3v) is 5.35. The highest BCUT2D eigenvalue weighted by atomic mass is 16.5. The van der Waals surface area contributed by atoms with Gasteiger partial charge in [0.1, 0.15) is 12.4 Å². The number of ether oxygens (including phenoxy) is 1. The number of nitrogens with one attached hydrogen (secondary N) is 1. The Bertz CT molecular complexity index is 508. The van der Waals surface area contributed by atoms with E-state index in [9.17, 15) is 0 Å². The van der Waals surface area contributed by atoms with Gasteiger partial charge in [-0.2, -0.15) is 0 Å². The molecule has 2 saturated heterocycles. The molecule has 2 aliphatic heterocycles. The van der Waals surface area contributed by atoms with Crippen molar-refractivity contribution < 1.29 is 4.74 Å². The number of para-hydroxylation sites is 2. The maximum atomic E-state index is 6.05. The monoisotopic (exact) mass is 346 g/mol. The van der Waals surface area contributed by atoms with Gasteiger partial charge in [-0.15, -0.1) is 0 Å². The van der Waals surface area contributed by atoms with E-state index in [0.29, 0.717) is 0 Å². The minimum Gasteiger partial charge on any atom is -0.490 e. The molecule has 1 N–H and O–H groups in total. The van der Waals surface area contributed by atoms with Gasteiger partial charge in [-0.1, -0.05) is 12.1 Å². The van der Waals surface area contributed by atoms with E-state index in [1.54, 1.807) is 0 Å². The second kappa shape index (κ2) is 9.41. The Morgan fingerprint density at radius 1 is 1.08 bits per heavy atom. The molecule has 0 unspecified atom stereocenters. The third kappa shape index (κ3) is 5.59. The number of hydrogen-bond acceptors (Lipinski definition) is 5. The van der Waals surface area contributed by atoms with Crippen LogP contribution < -0.4 is 15.0 Å². The number of hydrogen-bond donors (Lipinski definition) is 1. The quantitative estimate of drug-likeness (QED) is 0.813. The van der Waals surface area contributed by atoms with Crippen LogP contribution in [0.4, 0.5) is 5.69 Å². The largest absolute Gasteiger partial charge is 0.490 e. The van der Waals surface area contributed by atoms with Crippen LogP contribution in [0, 0.1) is 5.92 Å². The highest BCUT2D eigenvalue weighted by Gasteiger charge is 2.22. The van der Waals surface area contributed by atoms with E-state index >= 15 is 0 Å². The summed E-state index contributed by atoms with van der Waals surface area (Å²) in [6.45, 7) is 9.86. The molecule has 0 bridgehead atoms. The van der Waals surface area contributed by atoms with Crippen molar-refractivity contribution in [2.24, 2.45) is 5.92 Å². The van der Waals surface area contributed by atoms with E-state index < -0.39 is 0 Å². The summed E-state index contributed by atoms with van der Waals surface area (Å²) in [4.78, 5) is 7.30. The van der Waals surface area contributed by atoms with Crippen molar-refractivity contribution in [2.45, 2.75) is 12.8 Å². The van der Waals surface area contributed by atoms with Crippen molar-refractivity contribution in [3.8, 4) is 5.75 Å². The van der Waals surface area contributed by atoms with Crippen LogP contribution in [-0.2, 0) is 0 Å². The predicted octanol–water partition coefficient (Wildman–Crippen LogP) is 1.75. The zero-order valence-electron chi connectivity index (χ0n) is 15.9. The fourth-order valence-corrected chi connectivity index (χ4v) is 3.78. The van der Waals surface area contributed by atoms with Crippen molar-refractivity contribution in [3.63, 3.8) is 0 Å². The molecule has 0 aliphatic carbocycles. The molecule has 2 heterocycles. The lowest BCUT2D eigenvalue weighted by Crippen LogP contribution is -2.48. The minimum atomic E-state index is 0.736. The van der Waals surface area contributed by atoms with Gasteiger partial charge in [-0.05, 0) is 58.1 Å². The van der Waals surface area contributed by atoms with Crippen LogP contribution in [0.25, 0.3) is 0 Å². The molecule has 3 rings (SSSR count). The summed E-state index contributed by atoms with van der Waals surface area (Å²) < 4.78 is 6.05. The Labute approximate surface area is 152 Å². The fraction of sp³-hybridized carbons (Fsp3) is 0.700. The summed E-state index contributed by atoms with van der Waals surface area (Å²) in [5.41, 5.74) is 1.25. The number of anilines is 1. The fourth-order valence-electron chi connectivity index (χ4n) is 3.78. The Morgan fingerprint density at radius 3 is 2.52 bits per heavy atom. The molecular formula is C20H34N4O. The lowest BCUT2D eigenvalue weighted by atomic mass is 9.97. The van der Waals surface area contributed by atoms with Gasteiger partial charge in [0.25, 0.3) is 0 Å². The first-order valence-corrected chi connectivity index (χ1v) is 9.77. The number of piperidine rings is 1. The number of piperazine rings is 1. The first kappa shape index (κ1) is 18.5. The standard InChI is InChI=1S/C20H34N4O/c1-22(2)15-16-25-20-6-4-3-5-19(20)24-13-11-23(12-14-24)17-18-7-9-21-10-8-18/h3-6,18,21H,7-17H2,1-2H3. The van der Waals surface area contributed by atoms with Gasteiger partial charge in [0.05, 0.1) is 5.69 Å². The molecule has 0 radical (unpaired) electrons. The summed E-state index contributed by atoms with van der Waals surface area (Å²) in [7, 11) is 4.16. The molecule has 0 atom stereocenters. The molecule has 0 aromatic heterocycles. The van der Waals surface area contributed by atoms with Crippen LogP contribution in [0.3, 0.4) is 0 Å². The Kier molecular flexibility index (Phi) is 6.96. The first-order chi connectivity index (χ1) is 12.2. The second-order valence-corrected chi connectivity index (χ2v) is 7.60. The molecule has 0 amide bonds. The topological polar surface area (TPSA) is 31.0 Å². The lowest BCUT2D eigenvalue weighted by molar-refractivity contribution is 0.196. The Hall–Kier alpha value is -1.30. The van der Waals surface area contributed by atoms with Gasteiger partial charge in [0.2, 0.25) is 0 Å². The number of benzene rings is 1. The normalized spacial score (nSPS) is 20.2. The van der Waals surface area contributed by atoms with Crippen molar-refractivity contribution in [2.75, 3.05) is 78.0 Å². The molecule has 1 aromatic rings. The van der Waals surface area contributed by atoms with E-state index in [-0.39, 0.29) is 0 Å². The average molecular weight is 347 g/mol. The number of rotatable bonds is 7. The molecule has 0 spiro atoms. The zero-order chi connectivity index (χ0) is 17.5. The van der Waals surface area contributed by atoms with Gasteiger partial charge in [0, 0.05) is 39.3 Å². The molecule has 2 aliphatic rings. The van der Waals surface area contributed by atoms with Crippen molar-refractivity contribution in [3.05, 3.63) is 24.3 Å². The molecule has 1 aromatic carbocycles. The van der Waals surface area contributed by atoms with Crippen molar-refractivity contribution in [1.29, 1.82) is 0 Å². The molecule has 140 valence electrons. The molecule has 25 heavy (non-hydrogen) atoms. The van der Waals surface area contributed by atoms with E-state index in [0.717, 1.165) is 51.0 Å². The summed E-state index contributed by atoms with van der Waals surface area (Å²) in [6, 6.07) is 8.50. The SMILES string of the molecule is CN(C)CCOc1ccccc1N1CCN(CC2CCNCC2)CC1. The highest BCUT2D eigenvalue weighted by molar-refractivity contribution is 5.58. The third-order valence-electron chi connectivity index (χ3n) is 5.35. The van der Waals surface area contributed by atoms with Gasteiger partial charge >= 0.3 is 0 Å². The van der Waals surface area contributed by atoms with Gasteiger partial charge in [-0.25, -0.2) is 0 Å². The molecule has 5 nitrogen and oxygen atoms in total. The van der Waals surface area contributed by atoms with Gasteiger partial charge in [-0.3, -0.25) is 4.90 Å². The average Bonchev–Trinajstić information content (AvgIpc) is 2.63. The zero-order valence-corrected chi connectivity index (χ0v) is 15.9. The van der Waals surface area contributed by atoms with E-state index in [1.807, 2.05) is 0 Å².